The topological polar surface area (TPSA) is 70.6 Å². The number of carbonyl (C=O) groups is 1. The van der Waals surface area contributed by atoms with Crippen LogP contribution < -0.4 is 10.2 Å². The highest BCUT2D eigenvalue weighted by molar-refractivity contribution is 5.79. The third-order valence-corrected chi connectivity index (χ3v) is 4.38. The summed E-state index contributed by atoms with van der Waals surface area (Å²) in [5.41, 5.74) is 0. The number of piperazine rings is 1. The van der Waals surface area contributed by atoms with E-state index in [0.29, 0.717) is 13.2 Å². The second kappa shape index (κ2) is 7.12. The number of hydrogen-bond acceptors (Lipinski definition) is 6. The van der Waals surface area contributed by atoms with Crippen LogP contribution in [0.4, 0.5) is 11.6 Å². The van der Waals surface area contributed by atoms with E-state index in [1.807, 2.05) is 24.8 Å². The molecule has 1 aromatic heterocycles. The number of amides is 1. The molecule has 1 atom stereocenters. The molecule has 1 aromatic rings. The van der Waals surface area contributed by atoms with Crippen LogP contribution in [0.25, 0.3) is 0 Å². The average Bonchev–Trinajstić information content (AvgIpc) is 3.08. The van der Waals surface area contributed by atoms with Crippen molar-refractivity contribution in [2.45, 2.75) is 20.3 Å². The maximum atomic E-state index is 12.4. The highest BCUT2D eigenvalue weighted by Crippen LogP contribution is 2.20. The predicted molar refractivity (Wildman–Crippen MR) is 88.7 cm³/mol. The molecule has 0 aromatic carbocycles. The van der Waals surface area contributed by atoms with Crippen molar-refractivity contribution < 1.29 is 9.53 Å². The van der Waals surface area contributed by atoms with E-state index in [0.717, 1.165) is 56.6 Å². The number of ether oxygens (including phenoxy) is 1. The third-order valence-electron chi connectivity index (χ3n) is 4.38. The van der Waals surface area contributed by atoms with Gasteiger partial charge in [-0.15, -0.1) is 0 Å². The van der Waals surface area contributed by atoms with E-state index in [1.54, 1.807) is 0 Å². The summed E-state index contributed by atoms with van der Waals surface area (Å²) in [5.74, 6) is 2.86. The first kappa shape index (κ1) is 16.0. The molecule has 1 N–H and O–H groups in total. The van der Waals surface area contributed by atoms with Gasteiger partial charge in [-0.25, -0.2) is 9.97 Å². The molecular formula is C16H25N5O2. The summed E-state index contributed by atoms with van der Waals surface area (Å²) < 4.78 is 5.33. The number of rotatable bonds is 4. The standard InChI is InChI=1S/C16H25N5O2/c1-3-17-14-10-15(19-12(2)18-14)20-5-7-21(8-6-20)16(22)13-4-9-23-11-13/h10,13H,3-9,11H2,1-2H3,(H,17,18,19). The first-order valence-corrected chi connectivity index (χ1v) is 8.38. The van der Waals surface area contributed by atoms with E-state index in [4.69, 9.17) is 4.74 Å². The summed E-state index contributed by atoms with van der Waals surface area (Å²) in [5, 5.41) is 3.24. The smallest absolute Gasteiger partial charge is 0.228 e. The summed E-state index contributed by atoms with van der Waals surface area (Å²) in [6.45, 7) is 9.19. The molecule has 1 amide bonds. The van der Waals surface area contributed by atoms with Gasteiger partial charge in [0, 0.05) is 45.4 Å². The number of aromatic nitrogens is 2. The summed E-state index contributed by atoms with van der Waals surface area (Å²) in [6, 6.07) is 1.98. The van der Waals surface area contributed by atoms with Crippen LogP contribution in [0.15, 0.2) is 6.07 Å². The molecule has 0 radical (unpaired) electrons. The molecule has 0 spiro atoms. The fourth-order valence-corrected chi connectivity index (χ4v) is 3.13. The highest BCUT2D eigenvalue weighted by Gasteiger charge is 2.30. The number of nitrogens with one attached hydrogen (secondary N) is 1. The zero-order valence-electron chi connectivity index (χ0n) is 13.9. The van der Waals surface area contributed by atoms with Gasteiger partial charge in [0.05, 0.1) is 12.5 Å². The van der Waals surface area contributed by atoms with Gasteiger partial charge in [-0.1, -0.05) is 0 Å². The van der Waals surface area contributed by atoms with Gasteiger partial charge in [0.2, 0.25) is 5.91 Å². The number of hydrogen-bond donors (Lipinski definition) is 1. The van der Waals surface area contributed by atoms with Crippen molar-refractivity contribution in [3.63, 3.8) is 0 Å². The molecule has 126 valence electrons. The predicted octanol–water partition coefficient (Wildman–Crippen LogP) is 0.902. The molecule has 3 rings (SSSR count). The Kier molecular flexibility index (Phi) is 4.95. The Hall–Kier alpha value is -1.89. The number of anilines is 2. The van der Waals surface area contributed by atoms with E-state index in [9.17, 15) is 4.79 Å². The molecule has 7 heteroatoms. The molecule has 0 aliphatic carbocycles. The van der Waals surface area contributed by atoms with Gasteiger partial charge in [-0.3, -0.25) is 4.79 Å². The molecule has 2 saturated heterocycles. The maximum absolute atomic E-state index is 12.4. The second-order valence-corrected chi connectivity index (χ2v) is 6.06. The van der Waals surface area contributed by atoms with Gasteiger partial charge in [-0.05, 0) is 20.3 Å². The summed E-state index contributed by atoms with van der Waals surface area (Å²) >= 11 is 0. The molecule has 2 aliphatic rings. The minimum absolute atomic E-state index is 0.0585. The van der Waals surface area contributed by atoms with Gasteiger partial charge < -0.3 is 19.9 Å². The quantitative estimate of drug-likeness (QED) is 0.889. The normalized spacial score (nSPS) is 21.6. The lowest BCUT2D eigenvalue weighted by Gasteiger charge is -2.36. The van der Waals surface area contributed by atoms with Gasteiger partial charge in [0.25, 0.3) is 0 Å². The fourth-order valence-electron chi connectivity index (χ4n) is 3.13. The minimum atomic E-state index is 0.0585. The molecule has 0 saturated carbocycles. The Labute approximate surface area is 137 Å². The summed E-state index contributed by atoms with van der Waals surface area (Å²) in [6.07, 6.45) is 0.857. The lowest BCUT2D eigenvalue weighted by atomic mass is 10.1. The van der Waals surface area contributed by atoms with Crippen molar-refractivity contribution in [1.82, 2.24) is 14.9 Å². The molecule has 1 unspecified atom stereocenters. The summed E-state index contributed by atoms with van der Waals surface area (Å²) in [4.78, 5) is 25.5. The molecule has 7 nitrogen and oxygen atoms in total. The van der Waals surface area contributed by atoms with E-state index in [2.05, 4.69) is 20.2 Å². The molecule has 0 bridgehead atoms. The Bertz CT molecular complexity index is 551. The van der Waals surface area contributed by atoms with Crippen molar-refractivity contribution >= 4 is 17.5 Å². The van der Waals surface area contributed by atoms with Gasteiger partial charge in [0.15, 0.2) is 0 Å². The van der Waals surface area contributed by atoms with Gasteiger partial charge in [-0.2, -0.15) is 0 Å². The van der Waals surface area contributed by atoms with Gasteiger partial charge >= 0.3 is 0 Å². The van der Waals surface area contributed by atoms with E-state index >= 15 is 0 Å². The fraction of sp³-hybridized carbons (Fsp3) is 0.688. The molecule has 23 heavy (non-hydrogen) atoms. The van der Waals surface area contributed by atoms with E-state index < -0.39 is 0 Å². The van der Waals surface area contributed by atoms with Crippen LogP contribution in [0, 0.1) is 12.8 Å². The van der Waals surface area contributed by atoms with Crippen molar-refractivity contribution in [3.8, 4) is 0 Å². The van der Waals surface area contributed by atoms with Crippen LogP contribution in [0.1, 0.15) is 19.2 Å². The molecule has 3 heterocycles. The monoisotopic (exact) mass is 319 g/mol. The number of aryl methyl sites for hydroxylation is 1. The molecule has 2 fully saturated rings. The largest absolute Gasteiger partial charge is 0.381 e. The van der Waals surface area contributed by atoms with Crippen LogP contribution in [0.3, 0.4) is 0 Å². The van der Waals surface area contributed by atoms with Crippen LogP contribution >= 0.6 is 0 Å². The van der Waals surface area contributed by atoms with Gasteiger partial charge in [0.1, 0.15) is 17.5 Å². The highest BCUT2D eigenvalue weighted by atomic mass is 16.5. The Morgan fingerprint density at radius 3 is 2.78 bits per heavy atom. The lowest BCUT2D eigenvalue weighted by molar-refractivity contribution is -0.135. The maximum Gasteiger partial charge on any atom is 0.228 e. The van der Waals surface area contributed by atoms with Crippen molar-refractivity contribution in [1.29, 1.82) is 0 Å². The minimum Gasteiger partial charge on any atom is -0.381 e. The van der Waals surface area contributed by atoms with Crippen LogP contribution in [-0.2, 0) is 9.53 Å². The van der Waals surface area contributed by atoms with Crippen LogP contribution in [0.5, 0.6) is 0 Å². The lowest BCUT2D eigenvalue weighted by Crippen LogP contribution is -2.50. The number of carbonyl (C=O) groups excluding carboxylic acids is 1. The van der Waals surface area contributed by atoms with Crippen molar-refractivity contribution in [2.75, 3.05) is 56.2 Å². The van der Waals surface area contributed by atoms with E-state index in [-0.39, 0.29) is 11.8 Å². The van der Waals surface area contributed by atoms with E-state index in [1.165, 1.54) is 0 Å². The summed E-state index contributed by atoms with van der Waals surface area (Å²) in [7, 11) is 0. The Morgan fingerprint density at radius 2 is 2.13 bits per heavy atom. The zero-order chi connectivity index (χ0) is 16.2. The third kappa shape index (κ3) is 3.72. The Balaban J connectivity index is 1.61. The second-order valence-electron chi connectivity index (χ2n) is 6.06. The number of nitrogens with zero attached hydrogens (tertiary/aromatic N) is 4. The van der Waals surface area contributed by atoms with Crippen LogP contribution in [0.2, 0.25) is 0 Å². The first-order valence-electron chi connectivity index (χ1n) is 8.38. The first-order chi connectivity index (χ1) is 11.2. The van der Waals surface area contributed by atoms with Crippen LogP contribution in [-0.4, -0.2) is 66.7 Å². The molecular weight excluding hydrogens is 294 g/mol. The Morgan fingerprint density at radius 1 is 1.35 bits per heavy atom. The van der Waals surface area contributed by atoms with Crippen molar-refractivity contribution in [3.05, 3.63) is 11.9 Å². The SMILES string of the molecule is CCNc1cc(N2CCN(C(=O)C3CCOC3)CC2)nc(C)n1. The zero-order valence-corrected chi connectivity index (χ0v) is 13.9. The molecule has 2 aliphatic heterocycles. The van der Waals surface area contributed by atoms with Crippen molar-refractivity contribution in [2.24, 2.45) is 5.92 Å². The average molecular weight is 319 g/mol.